The SMILES string of the molecule is Cc1ccc[n+](C(C(=O)c2ccc(Cl)cc2)=C(C#N)C(=C=N)C#N)c1. The zero-order chi connectivity index (χ0) is 18.4. The van der Waals surface area contributed by atoms with E-state index < -0.39 is 5.78 Å². The van der Waals surface area contributed by atoms with Gasteiger partial charge in [-0.15, -0.1) is 0 Å². The summed E-state index contributed by atoms with van der Waals surface area (Å²) < 4.78 is 1.47. The van der Waals surface area contributed by atoms with Gasteiger partial charge in [0.25, 0.3) is 11.5 Å². The molecule has 2 rings (SSSR count). The number of hydrogen-bond acceptors (Lipinski definition) is 4. The van der Waals surface area contributed by atoms with E-state index in [0.29, 0.717) is 10.6 Å². The summed E-state index contributed by atoms with van der Waals surface area (Å²) in [5.74, 6) is 1.46. The number of pyridine rings is 1. The Hall–Kier alpha value is -3.50. The molecule has 6 heteroatoms. The zero-order valence-corrected chi connectivity index (χ0v) is 14.0. The van der Waals surface area contributed by atoms with Crippen LogP contribution in [-0.4, -0.2) is 11.7 Å². The fourth-order valence-corrected chi connectivity index (χ4v) is 2.33. The molecule has 0 saturated carbocycles. The summed E-state index contributed by atoms with van der Waals surface area (Å²) in [7, 11) is 0. The number of halogens is 1. The number of nitriles is 2. The minimum absolute atomic E-state index is 0.0233. The van der Waals surface area contributed by atoms with Crippen LogP contribution in [0.3, 0.4) is 0 Å². The maximum Gasteiger partial charge on any atom is 0.279 e. The van der Waals surface area contributed by atoms with E-state index in [0.717, 1.165) is 5.56 Å². The minimum Gasteiger partial charge on any atom is -0.282 e. The number of allylic oxidation sites excluding steroid dienone is 3. The van der Waals surface area contributed by atoms with E-state index in [1.54, 1.807) is 36.7 Å². The van der Waals surface area contributed by atoms with Gasteiger partial charge < -0.3 is 0 Å². The first kappa shape index (κ1) is 17.8. The Morgan fingerprint density at radius 2 is 1.84 bits per heavy atom. The quantitative estimate of drug-likeness (QED) is 0.230. The van der Waals surface area contributed by atoms with Gasteiger partial charge in [-0.25, -0.2) is 0 Å². The van der Waals surface area contributed by atoms with E-state index in [4.69, 9.17) is 17.0 Å². The molecule has 0 spiro atoms. The zero-order valence-electron chi connectivity index (χ0n) is 13.2. The van der Waals surface area contributed by atoms with Gasteiger partial charge >= 0.3 is 0 Å². The summed E-state index contributed by atoms with van der Waals surface area (Å²) in [6.07, 6.45) is 3.27. The Morgan fingerprint density at radius 3 is 2.36 bits per heavy atom. The number of benzene rings is 1. The highest BCUT2D eigenvalue weighted by atomic mass is 35.5. The van der Waals surface area contributed by atoms with Crippen molar-refractivity contribution < 1.29 is 9.36 Å². The Morgan fingerprint density at radius 1 is 1.16 bits per heavy atom. The van der Waals surface area contributed by atoms with Crippen molar-refractivity contribution in [3.8, 4) is 12.1 Å². The highest BCUT2D eigenvalue weighted by molar-refractivity contribution is 6.31. The second-order valence-corrected chi connectivity index (χ2v) is 5.51. The Labute approximate surface area is 149 Å². The van der Waals surface area contributed by atoms with E-state index in [-0.39, 0.29) is 16.8 Å². The van der Waals surface area contributed by atoms with E-state index in [1.165, 1.54) is 16.7 Å². The topological polar surface area (TPSA) is 92.4 Å². The molecule has 0 aliphatic carbocycles. The third-order valence-corrected chi connectivity index (χ3v) is 3.62. The number of aryl methyl sites for hydroxylation is 1. The number of nitrogens with zero attached hydrogens (tertiary/aromatic N) is 3. The number of rotatable bonds is 4. The van der Waals surface area contributed by atoms with Gasteiger partial charge in [0.2, 0.25) is 0 Å². The number of aromatic nitrogens is 1. The standard InChI is InChI=1S/C19H12ClN4O/c1-13-3-2-8-24(12-13)18(17(11-23)15(9-21)10-22)19(25)14-4-6-16(20)7-5-14/h2-8,12,21H,1H3/q+1. The fourth-order valence-electron chi connectivity index (χ4n) is 2.20. The Kier molecular flexibility index (Phi) is 5.61. The molecule has 0 amide bonds. The molecule has 0 unspecified atom stereocenters. The van der Waals surface area contributed by atoms with E-state index in [1.807, 2.05) is 24.9 Å². The van der Waals surface area contributed by atoms with Crippen LogP contribution >= 0.6 is 11.6 Å². The monoisotopic (exact) mass is 347 g/mol. The van der Waals surface area contributed by atoms with Crippen LogP contribution in [0.25, 0.3) is 5.70 Å². The molecule has 2 aromatic rings. The maximum absolute atomic E-state index is 13.0. The third kappa shape index (κ3) is 3.88. The summed E-state index contributed by atoms with van der Waals surface area (Å²) in [6, 6.07) is 13.4. The van der Waals surface area contributed by atoms with Gasteiger partial charge in [0.15, 0.2) is 18.0 Å². The molecule has 0 bridgehead atoms. The van der Waals surface area contributed by atoms with Crippen molar-refractivity contribution in [2.75, 3.05) is 0 Å². The summed E-state index contributed by atoms with van der Waals surface area (Å²) >= 11 is 5.86. The molecule has 0 aliphatic rings. The molecule has 0 saturated heterocycles. The largest absolute Gasteiger partial charge is 0.282 e. The summed E-state index contributed by atoms with van der Waals surface area (Å²) in [5.41, 5.74) is 0.619. The van der Waals surface area contributed by atoms with Crippen molar-refractivity contribution in [3.63, 3.8) is 0 Å². The van der Waals surface area contributed by atoms with Gasteiger partial charge in [-0.05, 0) is 43.1 Å². The highest BCUT2D eigenvalue weighted by Gasteiger charge is 2.29. The van der Waals surface area contributed by atoms with Crippen molar-refractivity contribution >= 4 is 29.0 Å². The number of nitrogens with one attached hydrogen (secondary N) is 1. The molecule has 1 aromatic heterocycles. The van der Waals surface area contributed by atoms with Gasteiger partial charge in [-0.1, -0.05) is 11.6 Å². The molecule has 0 atom stereocenters. The van der Waals surface area contributed by atoms with Crippen LogP contribution in [0.4, 0.5) is 0 Å². The smallest absolute Gasteiger partial charge is 0.279 e. The third-order valence-electron chi connectivity index (χ3n) is 3.36. The lowest BCUT2D eigenvalue weighted by molar-refractivity contribution is -0.577. The lowest BCUT2D eigenvalue weighted by Crippen LogP contribution is -2.37. The lowest BCUT2D eigenvalue weighted by atomic mass is 10.00. The first-order chi connectivity index (χ1) is 12.0. The minimum atomic E-state index is -0.466. The first-order valence-corrected chi connectivity index (χ1v) is 7.52. The van der Waals surface area contributed by atoms with Gasteiger partial charge in [0.05, 0.1) is 0 Å². The van der Waals surface area contributed by atoms with Crippen LogP contribution in [0.15, 0.2) is 59.9 Å². The first-order valence-electron chi connectivity index (χ1n) is 7.15. The molecule has 1 N–H and O–H groups in total. The molecule has 0 radical (unpaired) electrons. The summed E-state index contributed by atoms with van der Waals surface area (Å²) in [6.45, 7) is 1.84. The van der Waals surface area contributed by atoms with Crippen LogP contribution in [-0.2, 0) is 0 Å². The summed E-state index contributed by atoms with van der Waals surface area (Å²) in [5, 5.41) is 26.4. The second kappa shape index (κ2) is 7.86. The van der Waals surface area contributed by atoms with Crippen molar-refractivity contribution in [2.45, 2.75) is 6.92 Å². The Balaban J connectivity index is 2.79. The lowest BCUT2D eigenvalue weighted by Gasteiger charge is -2.05. The Bertz CT molecular complexity index is 1000. The van der Waals surface area contributed by atoms with Crippen molar-refractivity contribution in [1.29, 1.82) is 15.9 Å². The predicted octanol–water partition coefficient (Wildman–Crippen LogP) is 3.25. The number of hydrogen-bond donors (Lipinski definition) is 1. The van der Waals surface area contributed by atoms with E-state index >= 15 is 0 Å². The molecule has 5 nitrogen and oxygen atoms in total. The average molecular weight is 348 g/mol. The normalized spacial score (nSPS) is 10.7. The summed E-state index contributed by atoms with van der Waals surface area (Å²) in [4.78, 5) is 13.0. The van der Waals surface area contributed by atoms with Crippen LogP contribution in [0.2, 0.25) is 5.02 Å². The van der Waals surface area contributed by atoms with Crippen molar-refractivity contribution in [3.05, 3.63) is 76.1 Å². The molecule has 0 aliphatic heterocycles. The molecular formula is C19H12ClN4O+. The van der Waals surface area contributed by atoms with E-state index in [9.17, 15) is 15.3 Å². The number of carbonyl (C=O) groups excluding carboxylic acids is 1. The molecule has 1 aromatic carbocycles. The molecule has 25 heavy (non-hydrogen) atoms. The molecular weight excluding hydrogens is 336 g/mol. The molecule has 0 fully saturated rings. The van der Waals surface area contributed by atoms with Crippen molar-refractivity contribution in [2.24, 2.45) is 0 Å². The van der Waals surface area contributed by atoms with Crippen LogP contribution in [0.5, 0.6) is 0 Å². The second-order valence-electron chi connectivity index (χ2n) is 5.07. The van der Waals surface area contributed by atoms with Crippen LogP contribution in [0, 0.1) is 35.0 Å². The van der Waals surface area contributed by atoms with Gasteiger partial charge in [-0.2, -0.15) is 15.1 Å². The number of Topliss-reactive ketones (excluding diaryl/α,β-unsaturated/α-hetero) is 1. The number of ketones is 1. The predicted molar refractivity (Wildman–Crippen MR) is 92.8 cm³/mol. The molecule has 1 heterocycles. The van der Waals surface area contributed by atoms with Gasteiger partial charge in [0.1, 0.15) is 17.7 Å². The van der Waals surface area contributed by atoms with Crippen LogP contribution in [0.1, 0.15) is 15.9 Å². The maximum atomic E-state index is 13.0. The highest BCUT2D eigenvalue weighted by Crippen LogP contribution is 2.19. The van der Waals surface area contributed by atoms with E-state index in [2.05, 4.69) is 0 Å². The molecule has 120 valence electrons. The number of carbonyl (C=O) groups is 1. The average Bonchev–Trinajstić information content (AvgIpc) is 2.62. The van der Waals surface area contributed by atoms with Gasteiger partial charge in [0, 0.05) is 22.2 Å². The van der Waals surface area contributed by atoms with Gasteiger partial charge in [-0.3, -0.25) is 10.2 Å². The van der Waals surface area contributed by atoms with Crippen LogP contribution < -0.4 is 4.57 Å². The van der Waals surface area contributed by atoms with Crippen molar-refractivity contribution in [1.82, 2.24) is 0 Å². The fraction of sp³-hybridized carbons (Fsp3) is 0.0526.